The first-order valence-electron chi connectivity index (χ1n) is 10.7. The molecule has 4 nitrogen and oxygen atoms in total. The molecule has 0 bridgehead atoms. The predicted molar refractivity (Wildman–Crippen MR) is 119 cm³/mol. The van der Waals surface area contributed by atoms with Gasteiger partial charge in [-0.1, -0.05) is 48.5 Å². The average Bonchev–Trinajstić information content (AvgIpc) is 2.79. The van der Waals surface area contributed by atoms with Gasteiger partial charge in [0, 0.05) is 5.39 Å². The third kappa shape index (κ3) is 5.38. The van der Waals surface area contributed by atoms with Crippen LogP contribution in [0.5, 0.6) is 11.5 Å². The van der Waals surface area contributed by atoms with E-state index in [0.717, 1.165) is 37.6 Å². The lowest BCUT2D eigenvalue weighted by atomic mass is 10.1. The maximum Gasteiger partial charge on any atom is 0.142 e. The molecule has 0 aromatic heterocycles. The van der Waals surface area contributed by atoms with Gasteiger partial charge in [0.05, 0.1) is 52.1 Å². The number of unbranched alkanes of at least 4 members (excludes halogenated alkanes) is 1. The Morgan fingerprint density at radius 2 is 1.53 bits per heavy atom. The smallest absolute Gasteiger partial charge is 0.142 e. The molecule has 0 radical (unpaired) electrons. The fraction of sp³-hybridized carbons (Fsp3) is 0.360. The first-order valence-corrected chi connectivity index (χ1v) is 10.7. The number of para-hydroxylation sites is 2. The van der Waals surface area contributed by atoms with Gasteiger partial charge in [0.2, 0.25) is 0 Å². The van der Waals surface area contributed by atoms with E-state index in [2.05, 4.69) is 59.5 Å². The number of anilines is 1. The molecular weight excluding hydrogens is 396 g/mol. The minimum atomic E-state index is 0. The van der Waals surface area contributed by atoms with Crippen LogP contribution in [0.15, 0.2) is 66.7 Å². The van der Waals surface area contributed by atoms with Gasteiger partial charge >= 0.3 is 0 Å². The molecule has 3 aromatic rings. The number of hydrogen-bond acceptors (Lipinski definition) is 3. The van der Waals surface area contributed by atoms with Crippen molar-refractivity contribution in [2.75, 3.05) is 51.3 Å². The molecule has 30 heavy (non-hydrogen) atoms. The molecule has 1 N–H and O–H groups in total. The molecule has 1 heterocycles. The summed E-state index contributed by atoms with van der Waals surface area (Å²) in [4.78, 5) is 4.15. The number of hydrogen-bond donors (Lipinski definition) is 1. The number of methoxy groups -OCH3 is 1. The Labute approximate surface area is 185 Å². The van der Waals surface area contributed by atoms with E-state index in [1.807, 2.05) is 12.1 Å². The summed E-state index contributed by atoms with van der Waals surface area (Å²) in [6.07, 6.45) is 2.30. The summed E-state index contributed by atoms with van der Waals surface area (Å²) in [5.41, 5.74) is 1.22. The van der Waals surface area contributed by atoms with Crippen LogP contribution in [0, 0.1) is 0 Å². The van der Waals surface area contributed by atoms with Crippen molar-refractivity contribution in [1.29, 1.82) is 0 Å². The van der Waals surface area contributed by atoms with E-state index in [-0.39, 0.29) is 12.4 Å². The number of benzene rings is 3. The van der Waals surface area contributed by atoms with E-state index >= 15 is 0 Å². The standard InChI is InChI=1S/C25H30N2O2.ClH/c1-28-25-13-5-4-12-23(25)27-18-16-26(17-19-27)15-6-7-20-29-24-14-8-10-21-9-2-3-11-22(21)24;/h2-5,8-14H,6-7,15-20H2,1H3;1H. The van der Waals surface area contributed by atoms with Crippen LogP contribution < -0.4 is 31.7 Å². The summed E-state index contributed by atoms with van der Waals surface area (Å²) in [6.45, 7) is 6.54. The lowest BCUT2D eigenvalue weighted by molar-refractivity contribution is -0.900. The van der Waals surface area contributed by atoms with Crippen LogP contribution in [0.25, 0.3) is 10.8 Å². The number of ether oxygens (including phenoxy) is 2. The molecule has 1 saturated heterocycles. The van der Waals surface area contributed by atoms with Crippen molar-refractivity contribution in [2.24, 2.45) is 0 Å². The number of halogens is 1. The first-order chi connectivity index (χ1) is 14.3. The molecule has 4 rings (SSSR count). The zero-order valence-electron chi connectivity index (χ0n) is 17.6. The fourth-order valence-electron chi connectivity index (χ4n) is 4.19. The number of fused-ring (bicyclic) bond motifs is 1. The second-order valence-corrected chi connectivity index (χ2v) is 7.69. The highest BCUT2D eigenvalue weighted by Crippen LogP contribution is 2.27. The molecule has 1 fully saturated rings. The minimum absolute atomic E-state index is 0. The van der Waals surface area contributed by atoms with Gasteiger partial charge in [-0.25, -0.2) is 0 Å². The van der Waals surface area contributed by atoms with Crippen LogP contribution in [0.1, 0.15) is 12.8 Å². The van der Waals surface area contributed by atoms with E-state index in [9.17, 15) is 0 Å². The van der Waals surface area contributed by atoms with Crippen molar-refractivity contribution in [1.82, 2.24) is 0 Å². The average molecular weight is 427 g/mol. The monoisotopic (exact) mass is 426 g/mol. The molecular formula is C25H31ClN2O2. The summed E-state index contributed by atoms with van der Waals surface area (Å²) in [6, 6.07) is 23.0. The van der Waals surface area contributed by atoms with Crippen molar-refractivity contribution in [3.63, 3.8) is 0 Å². The number of rotatable bonds is 8. The van der Waals surface area contributed by atoms with Gasteiger partial charge in [-0.15, -0.1) is 0 Å². The van der Waals surface area contributed by atoms with Gasteiger partial charge in [0.25, 0.3) is 0 Å². The highest BCUT2D eigenvalue weighted by Gasteiger charge is 2.21. The molecule has 0 atom stereocenters. The van der Waals surface area contributed by atoms with E-state index in [0.29, 0.717) is 0 Å². The second-order valence-electron chi connectivity index (χ2n) is 7.69. The van der Waals surface area contributed by atoms with Crippen LogP contribution in [0.3, 0.4) is 0 Å². The van der Waals surface area contributed by atoms with Gasteiger partial charge < -0.3 is 31.7 Å². The van der Waals surface area contributed by atoms with Crippen molar-refractivity contribution in [2.45, 2.75) is 12.8 Å². The van der Waals surface area contributed by atoms with Crippen molar-refractivity contribution >= 4 is 16.5 Å². The summed E-state index contributed by atoms with van der Waals surface area (Å²) in [5, 5.41) is 2.44. The Kier molecular flexibility index (Phi) is 8.23. The molecule has 0 spiro atoms. The summed E-state index contributed by atoms with van der Waals surface area (Å²) in [5.74, 6) is 1.97. The maximum atomic E-state index is 6.08. The second kappa shape index (κ2) is 11.1. The van der Waals surface area contributed by atoms with E-state index in [1.54, 1.807) is 12.0 Å². The molecule has 3 aromatic carbocycles. The topological polar surface area (TPSA) is 26.1 Å². The highest BCUT2D eigenvalue weighted by atomic mass is 35.5. The molecule has 0 unspecified atom stereocenters. The Hall–Kier alpha value is -2.43. The molecule has 0 amide bonds. The largest absolute Gasteiger partial charge is 1.00 e. The maximum absolute atomic E-state index is 6.08. The lowest BCUT2D eigenvalue weighted by Crippen LogP contribution is -3.14. The zero-order valence-corrected chi connectivity index (χ0v) is 18.4. The van der Waals surface area contributed by atoms with Crippen molar-refractivity contribution in [3.05, 3.63) is 66.7 Å². The van der Waals surface area contributed by atoms with Crippen LogP contribution in [0.2, 0.25) is 0 Å². The first kappa shape index (κ1) is 22.3. The lowest BCUT2D eigenvalue weighted by Gasteiger charge is -2.34. The fourth-order valence-corrected chi connectivity index (χ4v) is 4.19. The Morgan fingerprint density at radius 1 is 0.833 bits per heavy atom. The van der Waals surface area contributed by atoms with Crippen molar-refractivity contribution in [3.8, 4) is 11.5 Å². The zero-order chi connectivity index (χ0) is 19.9. The quantitative estimate of drug-likeness (QED) is 0.529. The summed E-state index contributed by atoms with van der Waals surface area (Å²) in [7, 11) is 1.75. The SMILES string of the molecule is COc1ccccc1N1CC[NH+](CCCCOc2cccc3ccccc23)CC1.[Cl-]. The number of nitrogens with zero attached hydrogens (tertiary/aromatic N) is 1. The van der Waals surface area contributed by atoms with Gasteiger partial charge in [0.15, 0.2) is 0 Å². The Balaban J connectivity index is 0.00000256. The minimum Gasteiger partial charge on any atom is -1.00 e. The molecule has 1 aliphatic rings. The van der Waals surface area contributed by atoms with E-state index in [1.165, 1.54) is 42.5 Å². The molecule has 160 valence electrons. The van der Waals surface area contributed by atoms with Gasteiger partial charge in [-0.3, -0.25) is 0 Å². The Morgan fingerprint density at radius 3 is 2.37 bits per heavy atom. The molecule has 0 saturated carbocycles. The van der Waals surface area contributed by atoms with Gasteiger partial charge in [-0.2, -0.15) is 0 Å². The highest BCUT2D eigenvalue weighted by molar-refractivity contribution is 5.88. The van der Waals surface area contributed by atoms with Crippen LogP contribution in [-0.2, 0) is 0 Å². The summed E-state index contributed by atoms with van der Waals surface area (Å²) >= 11 is 0. The van der Waals surface area contributed by atoms with Crippen LogP contribution >= 0.6 is 0 Å². The molecule has 1 aliphatic heterocycles. The number of quaternary nitrogens is 1. The molecule has 5 heteroatoms. The van der Waals surface area contributed by atoms with Crippen molar-refractivity contribution < 1.29 is 26.8 Å². The number of nitrogens with one attached hydrogen (secondary N) is 1. The van der Waals surface area contributed by atoms with Crippen LogP contribution in [-0.4, -0.2) is 46.4 Å². The third-order valence-electron chi connectivity index (χ3n) is 5.83. The van der Waals surface area contributed by atoms with E-state index < -0.39 is 0 Å². The normalized spacial score (nSPS) is 14.4. The van der Waals surface area contributed by atoms with E-state index in [4.69, 9.17) is 9.47 Å². The molecule has 0 aliphatic carbocycles. The van der Waals surface area contributed by atoms with Crippen LogP contribution in [0.4, 0.5) is 5.69 Å². The van der Waals surface area contributed by atoms with Gasteiger partial charge in [0.1, 0.15) is 11.5 Å². The third-order valence-corrected chi connectivity index (χ3v) is 5.83. The summed E-state index contributed by atoms with van der Waals surface area (Å²) < 4.78 is 11.6. The van der Waals surface area contributed by atoms with Gasteiger partial charge in [-0.05, 0) is 36.4 Å². The number of piperazine rings is 1. The predicted octanol–water partition coefficient (Wildman–Crippen LogP) is 0.417. The Bertz CT molecular complexity index is 920.